The maximum atomic E-state index is 11.8. The molecule has 0 bridgehead atoms. The van der Waals surface area contributed by atoms with Crippen molar-refractivity contribution in [2.24, 2.45) is 5.92 Å². The highest BCUT2D eigenvalue weighted by atomic mass is 16.3. The minimum absolute atomic E-state index is 0.154. The third-order valence-electron chi connectivity index (χ3n) is 4.04. The van der Waals surface area contributed by atoms with Gasteiger partial charge in [0.15, 0.2) is 0 Å². The van der Waals surface area contributed by atoms with Crippen LogP contribution in [0.25, 0.3) is 10.9 Å². The van der Waals surface area contributed by atoms with Crippen molar-refractivity contribution in [3.63, 3.8) is 0 Å². The number of carbonyl (C=O) groups is 1. The lowest BCUT2D eigenvalue weighted by Gasteiger charge is -2.14. The first-order chi connectivity index (χ1) is 11.0. The normalized spacial score (nSPS) is 13.7. The highest BCUT2D eigenvalue weighted by Gasteiger charge is 2.09. The van der Waals surface area contributed by atoms with Crippen LogP contribution in [0.1, 0.15) is 31.4 Å². The molecule has 4 N–H and O–H groups in total. The Balaban J connectivity index is 1.76. The molecule has 2 unspecified atom stereocenters. The number of H-pyrrole nitrogens is 1. The van der Waals surface area contributed by atoms with Crippen LogP contribution < -0.4 is 10.6 Å². The molecule has 2 aromatic rings. The van der Waals surface area contributed by atoms with Gasteiger partial charge in [-0.25, -0.2) is 4.79 Å². The molecular weight excluding hydrogens is 290 g/mol. The van der Waals surface area contributed by atoms with E-state index in [1.807, 2.05) is 13.1 Å². The van der Waals surface area contributed by atoms with Crippen LogP contribution in [0.3, 0.4) is 0 Å². The topological polar surface area (TPSA) is 77.2 Å². The van der Waals surface area contributed by atoms with E-state index in [2.05, 4.69) is 40.7 Å². The molecule has 1 aromatic carbocycles. The van der Waals surface area contributed by atoms with Gasteiger partial charge in [-0.3, -0.25) is 0 Å². The number of aromatic amines is 1. The number of aryl methyl sites for hydroxylation is 1. The SMILES string of the molecule is Cc1cccc2c(CCNC(=O)NCC(C)CC(C)O)c[nH]c12. The average molecular weight is 317 g/mol. The molecule has 5 heteroatoms. The predicted octanol–water partition coefficient (Wildman–Crippen LogP) is 2.73. The number of aromatic nitrogens is 1. The van der Waals surface area contributed by atoms with E-state index in [1.54, 1.807) is 6.92 Å². The van der Waals surface area contributed by atoms with Gasteiger partial charge in [0, 0.05) is 30.2 Å². The van der Waals surface area contributed by atoms with E-state index >= 15 is 0 Å². The van der Waals surface area contributed by atoms with Crippen LogP contribution >= 0.6 is 0 Å². The summed E-state index contributed by atoms with van der Waals surface area (Å²) in [5.74, 6) is 0.261. The van der Waals surface area contributed by atoms with Crippen molar-refractivity contribution < 1.29 is 9.90 Å². The fraction of sp³-hybridized carbons (Fsp3) is 0.500. The largest absolute Gasteiger partial charge is 0.393 e. The minimum atomic E-state index is -0.333. The molecule has 2 rings (SSSR count). The van der Waals surface area contributed by atoms with E-state index in [9.17, 15) is 9.90 Å². The maximum Gasteiger partial charge on any atom is 0.314 e. The Morgan fingerprint density at radius 3 is 2.83 bits per heavy atom. The number of carbonyl (C=O) groups excluding carboxylic acids is 1. The van der Waals surface area contributed by atoms with Crippen LogP contribution in [-0.2, 0) is 6.42 Å². The smallest absolute Gasteiger partial charge is 0.314 e. The second kappa shape index (κ2) is 8.02. The third kappa shape index (κ3) is 4.99. The van der Waals surface area contributed by atoms with Crippen molar-refractivity contribution >= 4 is 16.9 Å². The lowest BCUT2D eigenvalue weighted by atomic mass is 10.1. The van der Waals surface area contributed by atoms with Crippen molar-refractivity contribution in [3.05, 3.63) is 35.5 Å². The molecular formula is C18H27N3O2. The summed E-state index contributed by atoms with van der Waals surface area (Å²) in [7, 11) is 0. The third-order valence-corrected chi connectivity index (χ3v) is 4.04. The van der Waals surface area contributed by atoms with Gasteiger partial charge in [0.25, 0.3) is 0 Å². The number of para-hydroxylation sites is 1. The van der Waals surface area contributed by atoms with E-state index < -0.39 is 0 Å². The molecule has 1 heterocycles. The summed E-state index contributed by atoms with van der Waals surface area (Å²) in [6, 6.07) is 6.09. The monoisotopic (exact) mass is 317 g/mol. The number of rotatable bonds is 7. The second-order valence-electron chi connectivity index (χ2n) is 6.39. The van der Waals surface area contributed by atoms with Gasteiger partial charge in [0.1, 0.15) is 0 Å². The second-order valence-corrected chi connectivity index (χ2v) is 6.39. The highest BCUT2D eigenvalue weighted by molar-refractivity contribution is 5.85. The summed E-state index contributed by atoms with van der Waals surface area (Å²) >= 11 is 0. The lowest BCUT2D eigenvalue weighted by Crippen LogP contribution is -2.39. The number of benzene rings is 1. The van der Waals surface area contributed by atoms with Gasteiger partial charge in [-0.1, -0.05) is 25.1 Å². The average Bonchev–Trinajstić information content (AvgIpc) is 2.89. The van der Waals surface area contributed by atoms with Crippen molar-refractivity contribution in [1.29, 1.82) is 0 Å². The Labute approximate surface area is 137 Å². The number of fused-ring (bicyclic) bond motifs is 1. The van der Waals surface area contributed by atoms with Crippen LogP contribution in [0.4, 0.5) is 4.79 Å². The zero-order chi connectivity index (χ0) is 16.8. The van der Waals surface area contributed by atoms with Gasteiger partial charge in [0.2, 0.25) is 0 Å². The van der Waals surface area contributed by atoms with Gasteiger partial charge in [0.05, 0.1) is 6.10 Å². The molecule has 2 amide bonds. The maximum absolute atomic E-state index is 11.8. The fourth-order valence-electron chi connectivity index (χ4n) is 2.88. The van der Waals surface area contributed by atoms with Crippen LogP contribution in [0.15, 0.2) is 24.4 Å². The quantitative estimate of drug-likeness (QED) is 0.634. The van der Waals surface area contributed by atoms with Gasteiger partial charge in [-0.15, -0.1) is 0 Å². The summed E-state index contributed by atoms with van der Waals surface area (Å²) in [5, 5.41) is 16.3. The van der Waals surface area contributed by atoms with Crippen LogP contribution in [0.2, 0.25) is 0 Å². The molecule has 0 aliphatic carbocycles. The van der Waals surface area contributed by atoms with Crippen molar-refractivity contribution in [1.82, 2.24) is 15.6 Å². The van der Waals surface area contributed by atoms with Crippen LogP contribution in [0, 0.1) is 12.8 Å². The predicted molar refractivity (Wildman–Crippen MR) is 93.6 cm³/mol. The first-order valence-electron chi connectivity index (χ1n) is 8.22. The zero-order valence-electron chi connectivity index (χ0n) is 14.1. The van der Waals surface area contributed by atoms with Crippen molar-refractivity contribution in [2.45, 2.75) is 39.7 Å². The molecule has 0 radical (unpaired) electrons. The Bertz CT molecular complexity index is 649. The summed E-state index contributed by atoms with van der Waals surface area (Å²) < 4.78 is 0. The first kappa shape index (κ1) is 17.3. The van der Waals surface area contributed by atoms with E-state index in [0.717, 1.165) is 6.42 Å². The zero-order valence-corrected chi connectivity index (χ0v) is 14.1. The van der Waals surface area contributed by atoms with Crippen molar-refractivity contribution in [3.8, 4) is 0 Å². The van der Waals surface area contributed by atoms with Gasteiger partial charge in [-0.05, 0) is 43.7 Å². The lowest BCUT2D eigenvalue weighted by molar-refractivity contribution is 0.163. The van der Waals surface area contributed by atoms with Crippen molar-refractivity contribution in [2.75, 3.05) is 13.1 Å². The molecule has 0 saturated carbocycles. The molecule has 5 nitrogen and oxygen atoms in total. The number of urea groups is 1. The fourth-order valence-corrected chi connectivity index (χ4v) is 2.88. The Morgan fingerprint density at radius 1 is 1.30 bits per heavy atom. The molecule has 2 atom stereocenters. The number of amides is 2. The first-order valence-corrected chi connectivity index (χ1v) is 8.22. The molecule has 0 spiro atoms. The van der Waals surface area contributed by atoms with E-state index in [4.69, 9.17) is 0 Å². The summed E-state index contributed by atoms with van der Waals surface area (Å²) in [4.78, 5) is 15.1. The van der Waals surface area contributed by atoms with Gasteiger partial charge >= 0.3 is 6.03 Å². The summed E-state index contributed by atoms with van der Waals surface area (Å²) in [6.07, 6.45) is 3.16. The standard InChI is InChI=1S/C18H27N3O2/c1-12(9-14(3)22)10-21-18(23)19-8-7-15-11-20-17-13(2)5-4-6-16(15)17/h4-6,11-12,14,20,22H,7-10H2,1-3H3,(H2,19,21,23). The number of aliphatic hydroxyl groups excluding tert-OH is 1. The molecule has 0 saturated heterocycles. The van der Waals surface area contributed by atoms with Crippen LogP contribution in [0.5, 0.6) is 0 Å². The Hall–Kier alpha value is -2.01. The van der Waals surface area contributed by atoms with Crippen LogP contribution in [-0.4, -0.2) is 35.3 Å². The van der Waals surface area contributed by atoms with E-state index in [-0.39, 0.29) is 18.1 Å². The molecule has 0 aliphatic rings. The molecule has 0 fully saturated rings. The summed E-state index contributed by atoms with van der Waals surface area (Å²) in [6.45, 7) is 7.03. The van der Waals surface area contributed by atoms with E-state index in [0.29, 0.717) is 19.5 Å². The summed E-state index contributed by atoms with van der Waals surface area (Å²) in [5.41, 5.74) is 3.61. The highest BCUT2D eigenvalue weighted by Crippen LogP contribution is 2.21. The van der Waals surface area contributed by atoms with Gasteiger partial charge < -0.3 is 20.7 Å². The number of aliphatic hydroxyl groups is 1. The molecule has 0 aliphatic heterocycles. The number of hydrogen-bond acceptors (Lipinski definition) is 2. The number of hydrogen-bond donors (Lipinski definition) is 4. The Kier molecular flexibility index (Phi) is 6.04. The molecule has 1 aromatic heterocycles. The van der Waals surface area contributed by atoms with E-state index in [1.165, 1.54) is 22.0 Å². The Morgan fingerprint density at radius 2 is 2.09 bits per heavy atom. The number of nitrogens with one attached hydrogen (secondary N) is 3. The molecule has 23 heavy (non-hydrogen) atoms. The van der Waals surface area contributed by atoms with Gasteiger partial charge in [-0.2, -0.15) is 0 Å². The minimum Gasteiger partial charge on any atom is -0.393 e. The molecule has 126 valence electrons.